The molecule has 0 saturated heterocycles. The summed E-state index contributed by atoms with van der Waals surface area (Å²) in [5, 5.41) is 9.33. The van der Waals surface area contributed by atoms with Crippen molar-refractivity contribution in [1.29, 1.82) is 0 Å². The van der Waals surface area contributed by atoms with Crippen molar-refractivity contribution in [3.63, 3.8) is 0 Å². The highest BCUT2D eigenvalue weighted by atomic mass is 15.3. The van der Waals surface area contributed by atoms with Crippen LogP contribution in [-0.4, -0.2) is 18.6 Å². The number of rotatable bonds is 2. The third-order valence-corrected chi connectivity index (χ3v) is 4.05. The summed E-state index contributed by atoms with van der Waals surface area (Å²) in [6.07, 6.45) is 4.01. The molecule has 3 aromatic rings. The maximum atomic E-state index is 4.36. The van der Waals surface area contributed by atoms with Crippen LogP contribution >= 0.6 is 0 Å². The second kappa shape index (κ2) is 6.61. The van der Waals surface area contributed by atoms with Crippen LogP contribution in [-0.2, 0) is 0 Å². The van der Waals surface area contributed by atoms with Crippen molar-refractivity contribution >= 4 is 33.6 Å². The minimum Gasteiger partial charge on any atom is -0.271 e. The predicted molar refractivity (Wildman–Crippen MR) is 100 cm³/mol. The van der Waals surface area contributed by atoms with Gasteiger partial charge in [0.15, 0.2) is 0 Å². The van der Waals surface area contributed by atoms with Crippen molar-refractivity contribution < 1.29 is 0 Å². The summed E-state index contributed by atoms with van der Waals surface area (Å²) in [5.74, 6) is 0.988. The van der Waals surface area contributed by atoms with Crippen LogP contribution in [0, 0.1) is 0 Å². The number of hydrogen-bond acceptors (Lipinski definition) is 3. The highest BCUT2D eigenvalue weighted by Crippen LogP contribution is 2.24. The zero-order valence-electron chi connectivity index (χ0n) is 12.3. The predicted octanol–water partition coefficient (Wildman–Crippen LogP) is 4.74. The molecule has 1 heterocycles. The largest absolute Gasteiger partial charge is 0.271 e. The van der Waals surface area contributed by atoms with Crippen LogP contribution in [0.25, 0.3) is 21.5 Å². The third kappa shape index (κ3) is 3.09. The molecule has 0 amide bonds. The van der Waals surface area contributed by atoms with Gasteiger partial charge >= 0.3 is 0 Å². The SMILES string of the molecule is C.C(=N\NC1=NCCC1)/c1cccc2cc3ccccc3cc12. The Morgan fingerprint density at radius 1 is 0.957 bits per heavy atom. The quantitative estimate of drug-likeness (QED) is 0.414. The Kier molecular flexibility index (Phi) is 4.38. The van der Waals surface area contributed by atoms with Gasteiger partial charge in [0.25, 0.3) is 0 Å². The molecule has 3 aromatic carbocycles. The first-order chi connectivity index (χ1) is 10.9. The van der Waals surface area contributed by atoms with Crippen molar-refractivity contribution in [3.05, 3.63) is 60.2 Å². The molecule has 3 nitrogen and oxygen atoms in total. The van der Waals surface area contributed by atoms with Gasteiger partial charge in [-0.2, -0.15) is 5.10 Å². The lowest BCUT2D eigenvalue weighted by Gasteiger charge is -2.05. The number of hydrazone groups is 1. The van der Waals surface area contributed by atoms with Crippen LogP contribution in [0.2, 0.25) is 0 Å². The Bertz CT molecular complexity index is 894. The summed E-state index contributed by atoms with van der Waals surface area (Å²) >= 11 is 0. The van der Waals surface area contributed by atoms with E-state index in [-0.39, 0.29) is 7.43 Å². The number of fused-ring (bicyclic) bond motifs is 2. The highest BCUT2D eigenvalue weighted by molar-refractivity contribution is 6.06. The smallest absolute Gasteiger partial charge is 0.117 e. The Morgan fingerprint density at radius 2 is 1.74 bits per heavy atom. The summed E-state index contributed by atoms with van der Waals surface area (Å²) < 4.78 is 0. The fraction of sp³-hybridized carbons (Fsp3) is 0.200. The van der Waals surface area contributed by atoms with Crippen LogP contribution in [0.3, 0.4) is 0 Å². The van der Waals surface area contributed by atoms with E-state index in [1.807, 2.05) is 6.21 Å². The molecule has 23 heavy (non-hydrogen) atoms. The summed E-state index contributed by atoms with van der Waals surface area (Å²) in [7, 11) is 0. The van der Waals surface area contributed by atoms with Crippen molar-refractivity contribution in [2.75, 3.05) is 6.54 Å². The van der Waals surface area contributed by atoms with Crippen LogP contribution in [0.4, 0.5) is 0 Å². The van der Waals surface area contributed by atoms with E-state index in [0.717, 1.165) is 30.8 Å². The molecule has 0 bridgehead atoms. The van der Waals surface area contributed by atoms with Crippen molar-refractivity contribution in [2.24, 2.45) is 10.1 Å². The van der Waals surface area contributed by atoms with Gasteiger partial charge < -0.3 is 0 Å². The van der Waals surface area contributed by atoms with E-state index in [4.69, 9.17) is 0 Å². The van der Waals surface area contributed by atoms with Crippen molar-refractivity contribution in [3.8, 4) is 0 Å². The molecule has 1 N–H and O–H groups in total. The molecule has 1 aliphatic heterocycles. The van der Waals surface area contributed by atoms with Crippen LogP contribution in [0.5, 0.6) is 0 Å². The molecule has 4 rings (SSSR count). The lowest BCUT2D eigenvalue weighted by molar-refractivity contribution is 0.937. The topological polar surface area (TPSA) is 36.8 Å². The molecule has 1 aliphatic rings. The van der Waals surface area contributed by atoms with Gasteiger partial charge in [-0.3, -0.25) is 10.4 Å². The molecular formula is C20H21N3. The van der Waals surface area contributed by atoms with Crippen molar-refractivity contribution in [1.82, 2.24) is 5.43 Å². The summed E-state index contributed by atoms with van der Waals surface area (Å²) in [4.78, 5) is 4.36. The maximum Gasteiger partial charge on any atom is 0.117 e. The molecule has 116 valence electrons. The third-order valence-electron chi connectivity index (χ3n) is 4.05. The highest BCUT2D eigenvalue weighted by Gasteiger charge is 2.04. The van der Waals surface area contributed by atoms with Gasteiger partial charge in [-0.05, 0) is 40.1 Å². The molecular weight excluding hydrogens is 282 g/mol. The van der Waals surface area contributed by atoms with E-state index in [2.05, 4.69) is 70.1 Å². The molecule has 0 aromatic heterocycles. The van der Waals surface area contributed by atoms with Gasteiger partial charge in [0.2, 0.25) is 0 Å². The van der Waals surface area contributed by atoms with E-state index in [1.165, 1.54) is 21.5 Å². The molecule has 0 unspecified atom stereocenters. The summed E-state index contributed by atoms with van der Waals surface area (Å²) in [6.45, 7) is 0.915. The molecule has 3 heteroatoms. The molecule has 0 fully saturated rings. The first-order valence-electron chi connectivity index (χ1n) is 7.64. The first-order valence-corrected chi connectivity index (χ1v) is 7.64. The average molecular weight is 303 g/mol. The lowest BCUT2D eigenvalue weighted by atomic mass is 10.0. The van der Waals surface area contributed by atoms with E-state index < -0.39 is 0 Å². The van der Waals surface area contributed by atoms with E-state index in [0.29, 0.717) is 0 Å². The average Bonchev–Trinajstić information content (AvgIpc) is 3.07. The Morgan fingerprint density at radius 3 is 2.52 bits per heavy atom. The van der Waals surface area contributed by atoms with Crippen LogP contribution < -0.4 is 5.43 Å². The standard InChI is InChI=1S/C19H17N3.CH4/c1-2-6-15-12-18-16(11-14(15)5-1)7-3-8-17(18)13-21-22-19-9-4-10-20-19;/h1-3,5-8,11-13H,4,9-10H2,(H,20,22);1H4/b21-13+;. The van der Waals surface area contributed by atoms with Gasteiger partial charge in [0.05, 0.1) is 6.21 Å². The Labute approximate surface area is 136 Å². The van der Waals surface area contributed by atoms with Gasteiger partial charge in [-0.15, -0.1) is 0 Å². The first kappa shape index (κ1) is 15.2. The second-order valence-corrected chi connectivity index (χ2v) is 5.57. The Balaban J connectivity index is 0.00000156. The van der Waals surface area contributed by atoms with E-state index in [1.54, 1.807) is 0 Å². The van der Waals surface area contributed by atoms with Gasteiger partial charge in [-0.1, -0.05) is 49.9 Å². The lowest BCUT2D eigenvalue weighted by Crippen LogP contribution is -2.14. The minimum absolute atomic E-state index is 0. The maximum absolute atomic E-state index is 4.36. The molecule has 0 saturated carbocycles. The minimum atomic E-state index is 0. The number of hydrogen-bond donors (Lipinski definition) is 1. The summed E-state index contributed by atoms with van der Waals surface area (Å²) in [6, 6.07) is 19.2. The zero-order chi connectivity index (χ0) is 14.8. The summed E-state index contributed by atoms with van der Waals surface area (Å²) in [5.41, 5.74) is 4.17. The number of aliphatic imine (C=N–C) groups is 1. The fourth-order valence-corrected chi connectivity index (χ4v) is 2.91. The number of nitrogens with one attached hydrogen (secondary N) is 1. The molecule has 0 aliphatic carbocycles. The monoisotopic (exact) mass is 303 g/mol. The number of nitrogens with zero attached hydrogens (tertiary/aromatic N) is 2. The second-order valence-electron chi connectivity index (χ2n) is 5.57. The normalized spacial score (nSPS) is 14.2. The number of amidine groups is 1. The van der Waals surface area contributed by atoms with Gasteiger partial charge in [0.1, 0.15) is 5.84 Å². The van der Waals surface area contributed by atoms with E-state index >= 15 is 0 Å². The molecule has 0 spiro atoms. The van der Waals surface area contributed by atoms with Gasteiger partial charge in [-0.25, -0.2) is 0 Å². The van der Waals surface area contributed by atoms with Crippen LogP contribution in [0.1, 0.15) is 25.8 Å². The zero-order valence-corrected chi connectivity index (χ0v) is 12.3. The fourth-order valence-electron chi connectivity index (χ4n) is 2.91. The van der Waals surface area contributed by atoms with Gasteiger partial charge in [0, 0.05) is 18.5 Å². The number of benzene rings is 3. The van der Waals surface area contributed by atoms with E-state index in [9.17, 15) is 0 Å². The molecule has 0 atom stereocenters. The van der Waals surface area contributed by atoms with Crippen LogP contribution in [0.15, 0.2) is 64.7 Å². The Hall–Kier alpha value is -2.68. The molecule has 0 radical (unpaired) electrons. The van der Waals surface area contributed by atoms with Crippen molar-refractivity contribution in [2.45, 2.75) is 20.3 Å².